The maximum absolute atomic E-state index is 11.8. The molecule has 108 valence electrons. The summed E-state index contributed by atoms with van der Waals surface area (Å²) in [5, 5.41) is 19.9. The Balaban J connectivity index is 2.00. The summed E-state index contributed by atoms with van der Waals surface area (Å²) < 4.78 is 12.3. The number of nitrogens with two attached hydrogens (primary N) is 1. The fraction of sp³-hybridized carbons (Fsp3) is 0.500. The van der Waals surface area contributed by atoms with Crippen molar-refractivity contribution in [2.75, 3.05) is 18.9 Å². The van der Waals surface area contributed by atoms with Gasteiger partial charge in [-0.15, -0.1) is 0 Å². The van der Waals surface area contributed by atoms with Crippen molar-refractivity contribution in [3.8, 4) is 0 Å². The van der Waals surface area contributed by atoms with E-state index in [1.54, 1.807) is 12.2 Å². The lowest BCUT2D eigenvalue weighted by molar-refractivity contribution is -0.115. The minimum absolute atomic E-state index is 0.0872. The Kier molecular flexibility index (Phi) is 3.09. The number of nitrogens with zero attached hydrogens (tertiary/aromatic N) is 2. The zero-order valence-electron chi connectivity index (χ0n) is 10.5. The van der Waals surface area contributed by atoms with Crippen molar-refractivity contribution in [1.82, 2.24) is 9.55 Å². The Morgan fingerprint density at radius 1 is 1.60 bits per heavy atom. The SMILES string of the molecule is Nc1ccn([C@@H]2O[C@@]3(CO)C=CCO[C@H]3[C@H]2O)c(=O)n1. The summed E-state index contributed by atoms with van der Waals surface area (Å²) in [5.41, 5.74) is 3.64. The van der Waals surface area contributed by atoms with Crippen molar-refractivity contribution >= 4 is 5.82 Å². The first-order chi connectivity index (χ1) is 9.57. The summed E-state index contributed by atoms with van der Waals surface area (Å²) in [5.74, 6) is 0.0872. The van der Waals surface area contributed by atoms with E-state index in [4.69, 9.17) is 15.2 Å². The van der Waals surface area contributed by atoms with E-state index in [0.29, 0.717) is 6.61 Å². The van der Waals surface area contributed by atoms with Gasteiger partial charge in [0.1, 0.15) is 23.6 Å². The highest BCUT2D eigenvalue weighted by atomic mass is 16.6. The fourth-order valence-electron chi connectivity index (χ4n) is 2.60. The molecule has 1 saturated heterocycles. The number of nitrogen functional groups attached to an aromatic ring is 1. The normalized spacial score (nSPS) is 36.0. The molecule has 1 fully saturated rings. The zero-order valence-corrected chi connectivity index (χ0v) is 10.5. The van der Waals surface area contributed by atoms with Crippen LogP contribution in [-0.2, 0) is 9.47 Å². The van der Waals surface area contributed by atoms with Crippen LogP contribution in [0.15, 0.2) is 29.2 Å². The summed E-state index contributed by atoms with van der Waals surface area (Å²) in [7, 11) is 0. The molecule has 4 N–H and O–H groups in total. The maximum Gasteiger partial charge on any atom is 0.351 e. The largest absolute Gasteiger partial charge is 0.393 e. The Morgan fingerprint density at radius 3 is 3.05 bits per heavy atom. The lowest BCUT2D eigenvalue weighted by Crippen LogP contribution is -2.48. The van der Waals surface area contributed by atoms with Gasteiger partial charge < -0.3 is 25.4 Å². The van der Waals surface area contributed by atoms with Crippen LogP contribution in [0.1, 0.15) is 6.23 Å². The standard InChI is InChI=1S/C12H15N3O5/c13-7-2-4-15(11(18)14-7)10-8(17)9-12(6-16,20-10)3-1-5-19-9/h1-4,8-10,16-17H,5-6H2,(H2,13,14,18)/t8-,9+,10-,12-/m1/s1. The number of hydrogen-bond donors (Lipinski definition) is 3. The van der Waals surface area contributed by atoms with Crippen LogP contribution in [0.2, 0.25) is 0 Å². The van der Waals surface area contributed by atoms with E-state index in [-0.39, 0.29) is 12.4 Å². The molecule has 0 unspecified atom stereocenters. The van der Waals surface area contributed by atoms with Crippen molar-refractivity contribution in [2.24, 2.45) is 0 Å². The lowest BCUT2D eigenvalue weighted by atomic mass is 9.93. The highest BCUT2D eigenvalue weighted by Gasteiger charge is 2.55. The van der Waals surface area contributed by atoms with Crippen LogP contribution in [0.3, 0.4) is 0 Å². The molecule has 1 aromatic rings. The number of aliphatic hydroxyl groups excluding tert-OH is 2. The molecular formula is C12H15N3O5. The monoisotopic (exact) mass is 281 g/mol. The molecule has 3 rings (SSSR count). The molecular weight excluding hydrogens is 266 g/mol. The van der Waals surface area contributed by atoms with Crippen molar-refractivity contribution in [1.29, 1.82) is 0 Å². The highest BCUT2D eigenvalue weighted by molar-refractivity contribution is 5.24. The topological polar surface area (TPSA) is 120 Å². The summed E-state index contributed by atoms with van der Waals surface area (Å²) in [6.45, 7) is -0.0483. The molecule has 0 radical (unpaired) electrons. The van der Waals surface area contributed by atoms with Gasteiger partial charge in [-0.3, -0.25) is 4.57 Å². The van der Waals surface area contributed by atoms with E-state index >= 15 is 0 Å². The van der Waals surface area contributed by atoms with E-state index in [1.165, 1.54) is 12.3 Å². The Hall–Kier alpha value is -1.74. The summed E-state index contributed by atoms with van der Waals surface area (Å²) in [4.78, 5) is 15.4. The average Bonchev–Trinajstić information content (AvgIpc) is 2.74. The lowest BCUT2D eigenvalue weighted by Gasteiger charge is -2.32. The number of aromatic nitrogens is 2. The van der Waals surface area contributed by atoms with Gasteiger partial charge in [0.2, 0.25) is 0 Å². The van der Waals surface area contributed by atoms with E-state index in [1.807, 2.05) is 0 Å². The molecule has 1 aromatic heterocycles. The number of hydrogen-bond acceptors (Lipinski definition) is 7. The number of anilines is 1. The predicted octanol–water partition coefficient (Wildman–Crippen LogP) is -1.60. The number of ether oxygens (including phenoxy) is 2. The zero-order chi connectivity index (χ0) is 14.3. The van der Waals surface area contributed by atoms with Gasteiger partial charge in [0.25, 0.3) is 0 Å². The van der Waals surface area contributed by atoms with Gasteiger partial charge in [-0.2, -0.15) is 4.98 Å². The Labute approximate surface area is 114 Å². The molecule has 0 amide bonds. The van der Waals surface area contributed by atoms with Crippen LogP contribution < -0.4 is 11.4 Å². The first kappa shape index (κ1) is 13.3. The predicted molar refractivity (Wildman–Crippen MR) is 67.7 cm³/mol. The van der Waals surface area contributed by atoms with Gasteiger partial charge in [0, 0.05) is 6.20 Å². The van der Waals surface area contributed by atoms with Crippen LogP contribution in [0.4, 0.5) is 5.82 Å². The fourth-order valence-corrected chi connectivity index (χ4v) is 2.60. The maximum atomic E-state index is 11.8. The minimum Gasteiger partial charge on any atom is -0.393 e. The van der Waals surface area contributed by atoms with Crippen molar-refractivity contribution in [3.63, 3.8) is 0 Å². The van der Waals surface area contributed by atoms with Crippen LogP contribution in [0, 0.1) is 0 Å². The van der Waals surface area contributed by atoms with Crippen LogP contribution in [0.25, 0.3) is 0 Å². The Bertz CT molecular complexity index is 601. The Morgan fingerprint density at radius 2 is 2.40 bits per heavy atom. The third kappa shape index (κ3) is 1.85. The molecule has 20 heavy (non-hydrogen) atoms. The van der Waals surface area contributed by atoms with E-state index in [0.717, 1.165) is 4.57 Å². The molecule has 0 saturated carbocycles. The summed E-state index contributed by atoms with van der Waals surface area (Å²) >= 11 is 0. The van der Waals surface area contributed by atoms with Gasteiger partial charge >= 0.3 is 5.69 Å². The average molecular weight is 281 g/mol. The van der Waals surface area contributed by atoms with E-state index < -0.39 is 29.7 Å². The summed E-state index contributed by atoms with van der Waals surface area (Å²) in [6, 6.07) is 1.43. The molecule has 8 nitrogen and oxygen atoms in total. The molecule has 2 aliphatic rings. The second-order valence-electron chi connectivity index (χ2n) is 4.81. The quantitative estimate of drug-likeness (QED) is 0.558. The van der Waals surface area contributed by atoms with Crippen molar-refractivity contribution in [3.05, 3.63) is 34.9 Å². The molecule has 3 heterocycles. The third-order valence-corrected chi connectivity index (χ3v) is 3.57. The van der Waals surface area contributed by atoms with Crippen LogP contribution >= 0.6 is 0 Å². The number of aliphatic hydroxyl groups is 2. The first-order valence-corrected chi connectivity index (χ1v) is 6.18. The number of fused-ring (bicyclic) bond motifs is 1. The van der Waals surface area contributed by atoms with Gasteiger partial charge in [-0.25, -0.2) is 4.79 Å². The first-order valence-electron chi connectivity index (χ1n) is 6.18. The molecule has 0 spiro atoms. The van der Waals surface area contributed by atoms with Gasteiger partial charge in [0.15, 0.2) is 6.23 Å². The minimum atomic E-state index is -1.15. The molecule has 0 aliphatic carbocycles. The van der Waals surface area contributed by atoms with Gasteiger partial charge in [-0.05, 0) is 12.1 Å². The van der Waals surface area contributed by atoms with Crippen LogP contribution in [0.5, 0.6) is 0 Å². The molecule has 2 aliphatic heterocycles. The van der Waals surface area contributed by atoms with Gasteiger partial charge in [0.05, 0.1) is 13.2 Å². The second-order valence-corrected chi connectivity index (χ2v) is 4.81. The van der Waals surface area contributed by atoms with E-state index in [2.05, 4.69) is 4.98 Å². The summed E-state index contributed by atoms with van der Waals surface area (Å²) in [6.07, 6.45) is 1.91. The van der Waals surface area contributed by atoms with Crippen LogP contribution in [-0.4, -0.2) is 50.8 Å². The van der Waals surface area contributed by atoms with Crippen molar-refractivity contribution < 1.29 is 19.7 Å². The smallest absolute Gasteiger partial charge is 0.351 e. The highest BCUT2D eigenvalue weighted by Crippen LogP contribution is 2.40. The molecule has 0 bridgehead atoms. The molecule has 4 atom stereocenters. The molecule has 0 aromatic carbocycles. The second kappa shape index (κ2) is 4.67. The number of rotatable bonds is 2. The van der Waals surface area contributed by atoms with Crippen molar-refractivity contribution in [2.45, 2.75) is 24.0 Å². The van der Waals surface area contributed by atoms with Gasteiger partial charge in [-0.1, -0.05) is 6.08 Å². The third-order valence-electron chi connectivity index (χ3n) is 3.57. The van der Waals surface area contributed by atoms with E-state index in [9.17, 15) is 15.0 Å². The molecule has 8 heteroatoms.